The summed E-state index contributed by atoms with van der Waals surface area (Å²) in [6.07, 6.45) is 5.35. The molecule has 6 nitrogen and oxygen atoms in total. The first kappa shape index (κ1) is 20.2. The van der Waals surface area contributed by atoms with Crippen molar-refractivity contribution in [2.24, 2.45) is 21.5 Å². The zero-order valence-electron chi connectivity index (χ0n) is 13.8. The average molecular weight is 300 g/mol. The van der Waals surface area contributed by atoms with Crippen LogP contribution in [0.25, 0.3) is 0 Å². The van der Waals surface area contributed by atoms with Crippen molar-refractivity contribution >= 4 is 12.4 Å². The molecule has 0 bridgehead atoms. The van der Waals surface area contributed by atoms with E-state index in [1.54, 1.807) is 12.4 Å². The normalized spacial score (nSPS) is 14.3. The lowest BCUT2D eigenvalue weighted by molar-refractivity contribution is 0.0714. The fourth-order valence-corrected chi connectivity index (χ4v) is 1.41. The maximum absolute atomic E-state index is 5.52. The molecule has 0 aromatic carbocycles. The number of nitrogens with zero attached hydrogens (tertiary/aromatic N) is 2. The Morgan fingerprint density at radius 2 is 1.90 bits per heavy atom. The third-order valence-corrected chi connectivity index (χ3v) is 2.71. The highest BCUT2D eigenvalue weighted by molar-refractivity contribution is 6.16. The van der Waals surface area contributed by atoms with Gasteiger partial charge in [0.15, 0.2) is 0 Å². The molecule has 0 heterocycles. The summed E-state index contributed by atoms with van der Waals surface area (Å²) in [5.74, 6) is 0. The van der Waals surface area contributed by atoms with Crippen molar-refractivity contribution in [1.82, 2.24) is 0 Å². The lowest BCUT2D eigenvalue weighted by atomic mass is 10.1. The van der Waals surface area contributed by atoms with Crippen molar-refractivity contribution in [3.05, 3.63) is 0 Å². The van der Waals surface area contributed by atoms with Crippen LogP contribution in [-0.4, -0.2) is 63.5 Å². The minimum Gasteiger partial charge on any atom is -0.379 e. The average Bonchev–Trinajstić information content (AvgIpc) is 2.46. The minimum absolute atomic E-state index is 0.121. The van der Waals surface area contributed by atoms with Crippen molar-refractivity contribution in [2.75, 3.05) is 39.5 Å². The molecule has 6 heteroatoms. The minimum atomic E-state index is -0.236. The zero-order valence-corrected chi connectivity index (χ0v) is 13.8. The summed E-state index contributed by atoms with van der Waals surface area (Å²) in [7, 11) is 0. The van der Waals surface area contributed by atoms with Crippen molar-refractivity contribution in [3.63, 3.8) is 0 Å². The van der Waals surface area contributed by atoms with E-state index in [0.717, 1.165) is 19.4 Å². The molecule has 0 saturated carbocycles. The molecular weight excluding hydrogens is 268 g/mol. The van der Waals surface area contributed by atoms with E-state index in [1.165, 1.54) is 0 Å². The molecule has 1 unspecified atom stereocenters. The third kappa shape index (κ3) is 13.9. The van der Waals surface area contributed by atoms with Gasteiger partial charge in [0.2, 0.25) is 0 Å². The Morgan fingerprint density at radius 3 is 2.57 bits per heavy atom. The molecule has 0 spiro atoms. The number of hydrogen-bond donors (Lipinski definition) is 2. The van der Waals surface area contributed by atoms with Crippen LogP contribution >= 0.6 is 0 Å². The Labute approximate surface area is 129 Å². The maximum Gasteiger partial charge on any atom is 0.0785 e. The van der Waals surface area contributed by atoms with Crippen LogP contribution < -0.4 is 11.5 Å². The number of ether oxygens (including phenoxy) is 2. The van der Waals surface area contributed by atoms with E-state index in [2.05, 4.69) is 9.98 Å². The SMILES string of the molecule is CC(CN)OCCCN=CC=NC(C)(C)COCCCN. The molecule has 0 aromatic rings. The van der Waals surface area contributed by atoms with Gasteiger partial charge in [0.25, 0.3) is 0 Å². The molecule has 124 valence electrons. The van der Waals surface area contributed by atoms with Crippen molar-refractivity contribution in [1.29, 1.82) is 0 Å². The first-order valence-corrected chi connectivity index (χ1v) is 7.65. The molecule has 0 fully saturated rings. The number of rotatable bonds is 13. The Hall–Kier alpha value is -0.820. The van der Waals surface area contributed by atoms with Crippen LogP contribution in [0, 0.1) is 0 Å². The van der Waals surface area contributed by atoms with Gasteiger partial charge in [-0.1, -0.05) is 0 Å². The van der Waals surface area contributed by atoms with Crippen molar-refractivity contribution in [3.8, 4) is 0 Å². The summed E-state index contributed by atoms with van der Waals surface area (Å²) in [5.41, 5.74) is 10.6. The van der Waals surface area contributed by atoms with Gasteiger partial charge in [-0.05, 0) is 40.2 Å². The molecule has 21 heavy (non-hydrogen) atoms. The molecule has 0 aromatic heterocycles. The van der Waals surface area contributed by atoms with Gasteiger partial charge in [0.05, 0.1) is 18.2 Å². The highest BCUT2D eigenvalue weighted by Crippen LogP contribution is 2.08. The van der Waals surface area contributed by atoms with E-state index in [4.69, 9.17) is 20.9 Å². The van der Waals surface area contributed by atoms with Crippen LogP contribution in [0.5, 0.6) is 0 Å². The fraction of sp³-hybridized carbons (Fsp3) is 0.867. The van der Waals surface area contributed by atoms with Crippen molar-refractivity contribution < 1.29 is 9.47 Å². The standard InChI is InChI=1S/C15H32N4O2/c1-14(12-17)21-11-5-7-18-8-9-19-15(2,3)13-20-10-4-6-16/h8-9,14H,4-7,10-13,16-17H2,1-3H3. The molecule has 0 rings (SSSR count). The van der Waals surface area contributed by atoms with Crippen LogP contribution in [0.15, 0.2) is 9.98 Å². The molecule has 0 aliphatic heterocycles. The number of nitrogens with two attached hydrogens (primary N) is 2. The first-order chi connectivity index (χ1) is 10.0. The van der Waals surface area contributed by atoms with E-state index >= 15 is 0 Å². The van der Waals surface area contributed by atoms with Gasteiger partial charge in [-0.15, -0.1) is 0 Å². The highest BCUT2D eigenvalue weighted by Gasteiger charge is 2.14. The summed E-state index contributed by atoms with van der Waals surface area (Å²) in [6, 6.07) is 0. The van der Waals surface area contributed by atoms with Gasteiger partial charge in [0, 0.05) is 38.7 Å². The van der Waals surface area contributed by atoms with Crippen LogP contribution in [0.2, 0.25) is 0 Å². The Kier molecular flexibility index (Phi) is 12.4. The van der Waals surface area contributed by atoms with Gasteiger partial charge < -0.3 is 20.9 Å². The monoisotopic (exact) mass is 300 g/mol. The molecule has 0 aliphatic carbocycles. The highest BCUT2D eigenvalue weighted by atomic mass is 16.5. The predicted octanol–water partition coefficient (Wildman–Crippen LogP) is 1.03. The van der Waals surface area contributed by atoms with E-state index in [0.29, 0.717) is 32.9 Å². The summed E-state index contributed by atoms with van der Waals surface area (Å²) < 4.78 is 11.0. The molecule has 1 atom stereocenters. The Morgan fingerprint density at radius 1 is 1.14 bits per heavy atom. The van der Waals surface area contributed by atoms with Gasteiger partial charge in [-0.2, -0.15) is 0 Å². The largest absolute Gasteiger partial charge is 0.379 e. The molecule has 4 N–H and O–H groups in total. The Balaban J connectivity index is 3.69. The second kappa shape index (κ2) is 12.9. The van der Waals surface area contributed by atoms with Gasteiger partial charge in [0.1, 0.15) is 0 Å². The lowest BCUT2D eigenvalue weighted by Crippen LogP contribution is -2.25. The summed E-state index contributed by atoms with van der Waals surface area (Å²) >= 11 is 0. The second-order valence-electron chi connectivity index (χ2n) is 5.61. The van der Waals surface area contributed by atoms with Gasteiger partial charge >= 0.3 is 0 Å². The van der Waals surface area contributed by atoms with Crippen molar-refractivity contribution in [2.45, 2.75) is 45.3 Å². The van der Waals surface area contributed by atoms with E-state index in [-0.39, 0.29) is 11.6 Å². The van der Waals surface area contributed by atoms with Gasteiger partial charge in [-0.25, -0.2) is 0 Å². The Bertz CT molecular complexity index is 293. The third-order valence-electron chi connectivity index (χ3n) is 2.71. The van der Waals surface area contributed by atoms with Crippen LogP contribution in [0.4, 0.5) is 0 Å². The lowest BCUT2D eigenvalue weighted by Gasteiger charge is -2.18. The van der Waals surface area contributed by atoms with Crippen LogP contribution in [-0.2, 0) is 9.47 Å². The van der Waals surface area contributed by atoms with E-state index < -0.39 is 0 Å². The number of aliphatic imine (C=N–C) groups is 2. The molecule has 0 aliphatic rings. The molecule has 0 amide bonds. The smallest absolute Gasteiger partial charge is 0.0785 e. The predicted molar refractivity (Wildman–Crippen MR) is 89.5 cm³/mol. The molecular formula is C15H32N4O2. The summed E-state index contributed by atoms with van der Waals surface area (Å²) in [5, 5.41) is 0. The maximum atomic E-state index is 5.52. The molecule has 0 saturated heterocycles. The summed E-state index contributed by atoms with van der Waals surface area (Å²) in [4.78, 5) is 8.70. The van der Waals surface area contributed by atoms with Crippen LogP contribution in [0.3, 0.4) is 0 Å². The van der Waals surface area contributed by atoms with Gasteiger partial charge in [-0.3, -0.25) is 9.98 Å². The topological polar surface area (TPSA) is 95.2 Å². The zero-order chi connectivity index (χ0) is 16.0. The number of hydrogen-bond acceptors (Lipinski definition) is 6. The fourth-order valence-electron chi connectivity index (χ4n) is 1.41. The quantitative estimate of drug-likeness (QED) is 0.392. The summed E-state index contributed by atoms with van der Waals surface area (Å²) in [6.45, 7) is 9.93. The second-order valence-corrected chi connectivity index (χ2v) is 5.61. The van der Waals surface area contributed by atoms with E-state index in [9.17, 15) is 0 Å². The molecule has 0 radical (unpaired) electrons. The van der Waals surface area contributed by atoms with Crippen LogP contribution in [0.1, 0.15) is 33.6 Å². The van der Waals surface area contributed by atoms with E-state index in [1.807, 2.05) is 20.8 Å². The first-order valence-electron chi connectivity index (χ1n) is 7.65.